The first-order valence-electron chi connectivity index (χ1n) is 17.7. The van der Waals surface area contributed by atoms with Crippen LogP contribution in [0.5, 0.6) is 11.5 Å². The van der Waals surface area contributed by atoms with E-state index >= 15 is 0 Å². The van der Waals surface area contributed by atoms with Crippen molar-refractivity contribution in [3.05, 3.63) is 59.7 Å². The first kappa shape index (κ1) is 42.8. The average molecular weight is 719 g/mol. The largest absolute Gasteiger partial charge is 0.497 e. The number of methoxy groups -OCH3 is 2. The molecule has 0 bridgehead atoms. The van der Waals surface area contributed by atoms with Crippen molar-refractivity contribution in [2.45, 2.75) is 101 Å². The highest BCUT2D eigenvalue weighted by molar-refractivity contribution is 8.00. The van der Waals surface area contributed by atoms with Gasteiger partial charge in [0.05, 0.1) is 20.8 Å². The van der Waals surface area contributed by atoms with E-state index in [1.54, 1.807) is 14.2 Å². The van der Waals surface area contributed by atoms with Gasteiger partial charge < -0.3 is 29.1 Å². The number of aliphatic carboxylic acids is 1. The van der Waals surface area contributed by atoms with Gasteiger partial charge in [0.2, 0.25) is 0 Å². The second-order valence-corrected chi connectivity index (χ2v) is 17.2. The Morgan fingerprint density at radius 2 is 1.08 bits per heavy atom. The number of carboxylic acid groups (broad SMARTS) is 1. The van der Waals surface area contributed by atoms with Crippen LogP contribution in [-0.4, -0.2) is 96.4 Å². The van der Waals surface area contributed by atoms with Gasteiger partial charge in [-0.15, -0.1) is 23.5 Å². The lowest BCUT2D eigenvalue weighted by atomic mass is 10.1. The van der Waals surface area contributed by atoms with Crippen LogP contribution in [0.4, 0.5) is 0 Å². The highest BCUT2D eigenvalue weighted by Crippen LogP contribution is 2.31. The summed E-state index contributed by atoms with van der Waals surface area (Å²) in [6.07, 6.45) is 5.10. The number of unbranched alkanes of at least 4 members (excludes halogenated alkanes) is 3. The SMILES string of the molecule is CCOC(=O)CCCCCN(CCN(CCCCC(=O)O)CC(C)(C)SCc1ccc(OC)cc1)CC(C)(C)SCc1ccc(OC)cc1. The maximum absolute atomic E-state index is 11.9. The van der Waals surface area contributed by atoms with Crippen molar-refractivity contribution in [3.63, 3.8) is 0 Å². The molecule has 0 aliphatic heterocycles. The van der Waals surface area contributed by atoms with Crippen LogP contribution >= 0.6 is 23.5 Å². The van der Waals surface area contributed by atoms with Crippen molar-refractivity contribution < 1.29 is 28.9 Å². The van der Waals surface area contributed by atoms with E-state index in [0.29, 0.717) is 19.4 Å². The highest BCUT2D eigenvalue weighted by Gasteiger charge is 2.26. The maximum atomic E-state index is 11.9. The molecule has 0 amide bonds. The molecule has 8 nitrogen and oxygen atoms in total. The Labute approximate surface area is 305 Å². The van der Waals surface area contributed by atoms with Crippen molar-refractivity contribution in [1.82, 2.24) is 9.80 Å². The molecule has 2 rings (SSSR count). The molecule has 0 saturated carbocycles. The minimum absolute atomic E-state index is 0.0120. The number of rotatable bonds is 27. The van der Waals surface area contributed by atoms with Crippen LogP contribution < -0.4 is 9.47 Å². The van der Waals surface area contributed by atoms with Crippen molar-refractivity contribution >= 4 is 35.5 Å². The van der Waals surface area contributed by atoms with Gasteiger partial charge >= 0.3 is 11.9 Å². The maximum Gasteiger partial charge on any atom is 0.305 e. The van der Waals surface area contributed by atoms with Crippen LogP contribution in [0.3, 0.4) is 0 Å². The van der Waals surface area contributed by atoms with Gasteiger partial charge in [0.1, 0.15) is 11.5 Å². The lowest BCUT2D eigenvalue weighted by Crippen LogP contribution is -2.45. The number of carboxylic acids is 1. The fraction of sp³-hybridized carbons (Fsp3) is 0.641. The third-order valence-electron chi connectivity index (χ3n) is 8.29. The third kappa shape index (κ3) is 19.5. The van der Waals surface area contributed by atoms with E-state index in [2.05, 4.69) is 61.8 Å². The molecule has 0 aromatic heterocycles. The molecule has 10 heteroatoms. The Balaban J connectivity index is 2.07. The molecule has 0 atom stereocenters. The molecule has 0 aliphatic carbocycles. The number of thioether (sulfide) groups is 2. The molecule has 0 heterocycles. The molecule has 0 aliphatic rings. The smallest absolute Gasteiger partial charge is 0.305 e. The van der Waals surface area contributed by atoms with E-state index < -0.39 is 5.97 Å². The fourth-order valence-corrected chi connectivity index (χ4v) is 7.67. The Kier molecular flexibility index (Phi) is 20.2. The molecule has 2 aromatic carbocycles. The van der Waals surface area contributed by atoms with Crippen LogP contribution in [0.1, 0.15) is 90.7 Å². The minimum atomic E-state index is -0.731. The minimum Gasteiger partial charge on any atom is -0.497 e. The normalized spacial score (nSPS) is 12.0. The zero-order valence-electron chi connectivity index (χ0n) is 31.1. The molecular formula is C39H62N2O6S2. The number of ether oxygens (including phenoxy) is 3. The lowest BCUT2D eigenvalue weighted by Gasteiger charge is -2.36. The summed E-state index contributed by atoms with van der Waals surface area (Å²) >= 11 is 3.93. The fourth-order valence-electron chi connectivity index (χ4n) is 5.62. The van der Waals surface area contributed by atoms with Crippen LogP contribution in [0, 0.1) is 0 Å². The third-order valence-corrected chi connectivity index (χ3v) is 11.1. The standard InChI is InChI=1S/C39H62N2O6S2/c1-8-47-37(44)15-10-9-12-24-40(30-38(2,3)48-28-32-16-20-34(45-6)21-17-32)26-27-41(25-13-11-14-36(42)43)31-39(4,5)49-29-33-18-22-35(46-7)23-19-33/h16-23H,8-15,24-31H2,1-7H3,(H,42,43). The van der Waals surface area contributed by atoms with E-state index in [0.717, 1.165) is 88.0 Å². The summed E-state index contributed by atoms with van der Waals surface area (Å²) in [6, 6.07) is 16.6. The lowest BCUT2D eigenvalue weighted by molar-refractivity contribution is -0.143. The first-order chi connectivity index (χ1) is 23.3. The van der Waals surface area contributed by atoms with Crippen LogP contribution in [-0.2, 0) is 25.8 Å². The van der Waals surface area contributed by atoms with Gasteiger partial charge in [0.25, 0.3) is 0 Å². The predicted molar refractivity (Wildman–Crippen MR) is 206 cm³/mol. The molecule has 49 heavy (non-hydrogen) atoms. The Morgan fingerprint density at radius 1 is 0.653 bits per heavy atom. The average Bonchev–Trinajstić information content (AvgIpc) is 3.07. The Morgan fingerprint density at radius 3 is 1.49 bits per heavy atom. The topological polar surface area (TPSA) is 88.5 Å². The van der Waals surface area contributed by atoms with Gasteiger partial charge in [-0.3, -0.25) is 9.59 Å². The highest BCUT2D eigenvalue weighted by atomic mass is 32.2. The van der Waals surface area contributed by atoms with Crippen molar-refractivity contribution in [1.29, 1.82) is 0 Å². The van der Waals surface area contributed by atoms with Crippen molar-refractivity contribution in [2.24, 2.45) is 0 Å². The molecule has 1 N–H and O–H groups in total. The van der Waals surface area contributed by atoms with Gasteiger partial charge in [0, 0.05) is 60.0 Å². The Hall–Kier alpha value is -2.40. The summed E-state index contributed by atoms with van der Waals surface area (Å²) in [6.45, 7) is 17.1. The number of carbonyl (C=O) groups excluding carboxylic acids is 1. The van der Waals surface area contributed by atoms with E-state index in [1.807, 2.05) is 54.7 Å². The summed E-state index contributed by atoms with van der Waals surface area (Å²) in [5.41, 5.74) is 2.56. The Bertz CT molecular complexity index is 1210. The summed E-state index contributed by atoms with van der Waals surface area (Å²) in [7, 11) is 3.38. The van der Waals surface area contributed by atoms with E-state index in [9.17, 15) is 14.7 Å². The van der Waals surface area contributed by atoms with Gasteiger partial charge in [0.15, 0.2) is 0 Å². The molecule has 2 aromatic rings. The van der Waals surface area contributed by atoms with Gasteiger partial charge in [-0.25, -0.2) is 0 Å². The molecular weight excluding hydrogens is 657 g/mol. The molecule has 0 radical (unpaired) electrons. The van der Waals surface area contributed by atoms with Crippen LogP contribution in [0.15, 0.2) is 48.5 Å². The van der Waals surface area contributed by atoms with Crippen LogP contribution in [0.25, 0.3) is 0 Å². The summed E-state index contributed by atoms with van der Waals surface area (Å²) < 4.78 is 15.8. The zero-order chi connectivity index (χ0) is 36.1. The number of hydrogen-bond donors (Lipinski definition) is 1. The second kappa shape index (κ2) is 23.1. The van der Waals surface area contributed by atoms with Gasteiger partial charge in [-0.05, 0) is 109 Å². The molecule has 276 valence electrons. The predicted octanol–water partition coefficient (Wildman–Crippen LogP) is 8.41. The van der Waals surface area contributed by atoms with Gasteiger partial charge in [-0.1, -0.05) is 30.7 Å². The molecule has 0 unspecified atom stereocenters. The number of hydrogen-bond acceptors (Lipinski definition) is 9. The van der Waals surface area contributed by atoms with E-state index in [1.165, 1.54) is 11.1 Å². The second-order valence-electron chi connectivity index (χ2n) is 13.8. The molecule has 0 saturated heterocycles. The monoisotopic (exact) mass is 718 g/mol. The molecule has 0 fully saturated rings. The first-order valence-corrected chi connectivity index (χ1v) is 19.7. The summed E-state index contributed by atoms with van der Waals surface area (Å²) in [5.74, 6) is 2.75. The van der Waals surface area contributed by atoms with Crippen LogP contribution in [0.2, 0.25) is 0 Å². The number of carbonyl (C=O) groups is 2. The number of esters is 1. The summed E-state index contributed by atoms with van der Waals surface area (Å²) in [5, 5.41) is 9.21. The molecule has 0 spiro atoms. The van der Waals surface area contributed by atoms with Gasteiger partial charge in [-0.2, -0.15) is 0 Å². The van der Waals surface area contributed by atoms with E-state index in [4.69, 9.17) is 14.2 Å². The zero-order valence-corrected chi connectivity index (χ0v) is 32.8. The van der Waals surface area contributed by atoms with Crippen molar-refractivity contribution in [3.8, 4) is 11.5 Å². The number of benzene rings is 2. The quantitative estimate of drug-likeness (QED) is 0.0718. The number of nitrogens with zero attached hydrogens (tertiary/aromatic N) is 2. The van der Waals surface area contributed by atoms with E-state index in [-0.39, 0.29) is 21.9 Å². The van der Waals surface area contributed by atoms with Crippen molar-refractivity contribution in [2.75, 3.05) is 60.1 Å². The summed E-state index contributed by atoms with van der Waals surface area (Å²) in [4.78, 5) is 28.2.